The number of anilines is 1. The minimum atomic E-state index is -0.0756. The highest BCUT2D eigenvalue weighted by atomic mass is 32.1. The fourth-order valence-electron chi connectivity index (χ4n) is 2.84. The second-order valence-electron chi connectivity index (χ2n) is 5.73. The Morgan fingerprint density at radius 3 is 2.76 bits per heavy atom. The van der Waals surface area contributed by atoms with Crippen LogP contribution in [0.3, 0.4) is 0 Å². The maximum absolute atomic E-state index is 12.4. The van der Waals surface area contributed by atoms with Crippen LogP contribution in [0, 0.1) is 0 Å². The van der Waals surface area contributed by atoms with Crippen molar-refractivity contribution in [3.63, 3.8) is 0 Å². The Morgan fingerprint density at radius 2 is 1.92 bits per heavy atom. The summed E-state index contributed by atoms with van der Waals surface area (Å²) in [7, 11) is 1.62. The first-order valence-electron chi connectivity index (χ1n) is 7.94. The number of carbonyl (C=O) groups is 1. The molecule has 1 aromatic heterocycles. The van der Waals surface area contributed by atoms with Gasteiger partial charge in [0.2, 0.25) is 5.91 Å². The van der Waals surface area contributed by atoms with E-state index >= 15 is 0 Å². The van der Waals surface area contributed by atoms with Crippen molar-refractivity contribution in [2.75, 3.05) is 12.4 Å². The van der Waals surface area contributed by atoms with Crippen LogP contribution in [0.5, 0.6) is 5.75 Å². The van der Waals surface area contributed by atoms with Gasteiger partial charge in [-0.05, 0) is 28.5 Å². The Balaban J connectivity index is 1.53. The maximum atomic E-state index is 12.4. The summed E-state index contributed by atoms with van der Waals surface area (Å²) in [6, 6.07) is 20.0. The fraction of sp³-hybridized carbons (Fsp3) is 0.100. The van der Waals surface area contributed by atoms with Crippen LogP contribution < -0.4 is 10.1 Å². The lowest BCUT2D eigenvalue weighted by Gasteiger charge is -2.04. The number of carbonyl (C=O) groups excluding carboxylic acids is 1. The van der Waals surface area contributed by atoms with Crippen molar-refractivity contribution >= 4 is 43.4 Å². The van der Waals surface area contributed by atoms with Crippen LogP contribution in [-0.2, 0) is 11.2 Å². The van der Waals surface area contributed by atoms with Crippen LogP contribution in [0.1, 0.15) is 5.56 Å². The van der Waals surface area contributed by atoms with Gasteiger partial charge in [0.25, 0.3) is 0 Å². The molecule has 0 unspecified atom stereocenters. The first-order valence-corrected chi connectivity index (χ1v) is 8.75. The number of hydrogen-bond acceptors (Lipinski definition) is 4. The lowest BCUT2D eigenvalue weighted by molar-refractivity contribution is -0.115. The van der Waals surface area contributed by atoms with Gasteiger partial charge in [-0.25, -0.2) is 4.98 Å². The van der Waals surface area contributed by atoms with E-state index in [2.05, 4.69) is 28.5 Å². The molecule has 1 amide bonds. The van der Waals surface area contributed by atoms with Gasteiger partial charge in [0.15, 0.2) is 5.13 Å². The van der Waals surface area contributed by atoms with Gasteiger partial charge in [-0.15, -0.1) is 0 Å². The molecule has 0 saturated heterocycles. The second kappa shape index (κ2) is 6.53. The van der Waals surface area contributed by atoms with Crippen LogP contribution in [0.15, 0.2) is 60.7 Å². The molecule has 4 aromatic rings. The van der Waals surface area contributed by atoms with Gasteiger partial charge in [0, 0.05) is 0 Å². The number of rotatable bonds is 4. The number of nitrogens with one attached hydrogen (secondary N) is 1. The molecule has 0 atom stereocenters. The zero-order chi connectivity index (χ0) is 17.2. The molecule has 0 spiro atoms. The smallest absolute Gasteiger partial charge is 0.230 e. The standard InChI is InChI=1S/C20H16N2O2S/c1-24-16-7-4-8-17-19(16)22-20(25-17)21-18(23)12-13-9-10-14-5-2-3-6-15(14)11-13/h2-11H,12H2,1H3,(H,21,22,23). The zero-order valence-corrected chi connectivity index (χ0v) is 14.5. The molecule has 0 fully saturated rings. The van der Waals surface area contributed by atoms with Crippen LogP contribution >= 0.6 is 11.3 Å². The van der Waals surface area contributed by atoms with Gasteiger partial charge in [-0.3, -0.25) is 4.79 Å². The molecule has 1 N–H and O–H groups in total. The van der Waals surface area contributed by atoms with Crippen molar-refractivity contribution in [3.8, 4) is 5.75 Å². The molecule has 1 heterocycles. The summed E-state index contributed by atoms with van der Waals surface area (Å²) in [6.07, 6.45) is 0.317. The number of fused-ring (bicyclic) bond motifs is 2. The molecule has 4 nitrogen and oxygen atoms in total. The van der Waals surface area contributed by atoms with E-state index in [1.807, 2.05) is 42.5 Å². The largest absolute Gasteiger partial charge is 0.494 e. The zero-order valence-electron chi connectivity index (χ0n) is 13.7. The Hall–Kier alpha value is -2.92. The lowest BCUT2D eigenvalue weighted by Crippen LogP contribution is -2.14. The van der Waals surface area contributed by atoms with Crippen molar-refractivity contribution in [3.05, 3.63) is 66.2 Å². The molecule has 0 bridgehead atoms. The summed E-state index contributed by atoms with van der Waals surface area (Å²) in [5, 5.41) is 5.79. The predicted octanol–water partition coefficient (Wildman–Crippen LogP) is 4.64. The summed E-state index contributed by atoms with van der Waals surface area (Å²) in [5.41, 5.74) is 1.76. The molecule has 124 valence electrons. The normalized spacial score (nSPS) is 10.9. The van der Waals surface area contributed by atoms with Gasteiger partial charge in [0.05, 0.1) is 18.2 Å². The molecule has 0 saturated carbocycles. The number of methoxy groups -OCH3 is 1. The van der Waals surface area contributed by atoms with E-state index in [4.69, 9.17) is 4.74 Å². The molecule has 0 aliphatic heterocycles. The molecule has 4 rings (SSSR count). The Labute approximate surface area is 149 Å². The van der Waals surface area contributed by atoms with Crippen molar-refractivity contribution < 1.29 is 9.53 Å². The summed E-state index contributed by atoms with van der Waals surface area (Å²) < 4.78 is 6.30. The summed E-state index contributed by atoms with van der Waals surface area (Å²) in [5.74, 6) is 0.636. The third-order valence-corrected chi connectivity index (χ3v) is 4.96. The highest BCUT2D eigenvalue weighted by molar-refractivity contribution is 7.22. The fourth-order valence-corrected chi connectivity index (χ4v) is 3.74. The van der Waals surface area contributed by atoms with Gasteiger partial charge >= 0.3 is 0 Å². The Bertz CT molecular complexity index is 1070. The van der Waals surface area contributed by atoms with E-state index < -0.39 is 0 Å². The summed E-state index contributed by atoms with van der Waals surface area (Å²) in [6.45, 7) is 0. The first-order chi connectivity index (χ1) is 12.2. The molecule has 0 aliphatic rings. The van der Waals surface area contributed by atoms with Crippen molar-refractivity contribution in [2.24, 2.45) is 0 Å². The minimum absolute atomic E-state index is 0.0756. The van der Waals surface area contributed by atoms with Gasteiger partial charge in [0.1, 0.15) is 11.3 Å². The minimum Gasteiger partial charge on any atom is -0.494 e. The topological polar surface area (TPSA) is 51.2 Å². The SMILES string of the molecule is COc1cccc2sc(NC(=O)Cc3ccc4ccccc4c3)nc12. The third-order valence-electron chi connectivity index (χ3n) is 4.03. The van der Waals surface area contributed by atoms with Gasteiger partial charge in [-0.2, -0.15) is 0 Å². The Kier molecular flexibility index (Phi) is 4.07. The number of hydrogen-bond donors (Lipinski definition) is 1. The van der Waals surface area contributed by atoms with Gasteiger partial charge < -0.3 is 10.1 Å². The maximum Gasteiger partial charge on any atom is 0.230 e. The number of ether oxygens (including phenoxy) is 1. The second-order valence-corrected chi connectivity index (χ2v) is 6.76. The van der Waals surface area contributed by atoms with E-state index in [1.165, 1.54) is 16.7 Å². The average Bonchev–Trinajstić information content (AvgIpc) is 3.03. The molecule has 0 aliphatic carbocycles. The number of amides is 1. The van der Waals surface area contributed by atoms with Crippen LogP contribution in [0.4, 0.5) is 5.13 Å². The highest BCUT2D eigenvalue weighted by Crippen LogP contribution is 2.32. The number of para-hydroxylation sites is 1. The van der Waals surface area contributed by atoms with Crippen molar-refractivity contribution in [2.45, 2.75) is 6.42 Å². The molecule has 5 heteroatoms. The number of nitrogens with zero attached hydrogens (tertiary/aromatic N) is 1. The van der Waals surface area contributed by atoms with Crippen LogP contribution in [-0.4, -0.2) is 18.0 Å². The molecule has 25 heavy (non-hydrogen) atoms. The number of aromatic nitrogens is 1. The quantitative estimate of drug-likeness (QED) is 0.584. The molecular formula is C20H16N2O2S. The first kappa shape index (κ1) is 15.6. The Morgan fingerprint density at radius 1 is 1.08 bits per heavy atom. The molecule has 3 aromatic carbocycles. The van der Waals surface area contributed by atoms with E-state index in [1.54, 1.807) is 7.11 Å². The molecular weight excluding hydrogens is 332 g/mol. The van der Waals surface area contributed by atoms with Gasteiger partial charge in [-0.1, -0.05) is 59.9 Å². The highest BCUT2D eigenvalue weighted by Gasteiger charge is 2.11. The molecule has 0 radical (unpaired) electrons. The van der Waals surface area contributed by atoms with E-state index in [0.29, 0.717) is 17.3 Å². The third kappa shape index (κ3) is 3.19. The van der Waals surface area contributed by atoms with E-state index in [9.17, 15) is 4.79 Å². The lowest BCUT2D eigenvalue weighted by atomic mass is 10.1. The summed E-state index contributed by atoms with van der Waals surface area (Å²) in [4.78, 5) is 16.9. The van der Waals surface area contributed by atoms with Crippen LogP contribution in [0.25, 0.3) is 21.0 Å². The van der Waals surface area contributed by atoms with Crippen LogP contribution in [0.2, 0.25) is 0 Å². The average molecular weight is 348 g/mol. The predicted molar refractivity (Wildman–Crippen MR) is 102 cm³/mol. The monoisotopic (exact) mass is 348 g/mol. The van der Waals surface area contributed by atoms with E-state index in [0.717, 1.165) is 21.2 Å². The van der Waals surface area contributed by atoms with E-state index in [-0.39, 0.29) is 5.91 Å². The number of benzene rings is 3. The number of thiazole rings is 1. The van der Waals surface area contributed by atoms with Crippen molar-refractivity contribution in [1.29, 1.82) is 0 Å². The summed E-state index contributed by atoms with van der Waals surface area (Å²) >= 11 is 1.45. The van der Waals surface area contributed by atoms with Crippen molar-refractivity contribution in [1.82, 2.24) is 4.98 Å².